The second-order valence-electron chi connectivity index (χ2n) is 10.6. The number of hydrogen-bond acceptors (Lipinski definition) is 6. The molecule has 4 aromatic carbocycles. The number of nitrogens with zero attached hydrogens (tertiary/aromatic N) is 3. The molecule has 1 heterocycles. The number of carbonyl (C=O) groups is 1. The van der Waals surface area contributed by atoms with Gasteiger partial charge in [-0.3, -0.25) is 9.59 Å². The van der Waals surface area contributed by atoms with E-state index in [2.05, 4.69) is 40.2 Å². The third-order valence-corrected chi connectivity index (χ3v) is 7.91. The number of hydrogen-bond donors (Lipinski definition) is 1. The summed E-state index contributed by atoms with van der Waals surface area (Å²) in [6.45, 7) is 8.51. The molecule has 0 unspecified atom stereocenters. The summed E-state index contributed by atoms with van der Waals surface area (Å²) in [6, 6.07) is 23.4. The number of benzene rings is 4. The number of para-hydroxylation sites is 1. The van der Waals surface area contributed by atoms with Crippen LogP contribution >= 0.6 is 27.5 Å². The van der Waals surface area contributed by atoms with Crippen LogP contribution in [0, 0.1) is 6.92 Å². The molecule has 10 heteroatoms. The standard InChI is InChI=1S/C35H32BrClN4O4/c1-5-44-32-16-22(4)28(18-27(32)21(2)3)34-40-30-9-7-6-8-26(30)35(43)41(34)38-19-23-10-15-31(29(36)17-23)45-20-33(42)39-25-13-11-24(37)12-14-25/h6-19,21H,5,20H2,1-4H3,(H,39,42). The molecule has 8 nitrogen and oxygen atoms in total. The van der Waals surface area contributed by atoms with Crippen LogP contribution < -0.4 is 20.3 Å². The fourth-order valence-corrected chi connectivity index (χ4v) is 5.43. The van der Waals surface area contributed by atoms with Gasteiger partial charge in [0.15, 0.2) is 12.4 Å². The van der Waals surface area contributed by atoms with Gasteiger partial charge in [0.1, 0.15) is 11.5 Å². The quantitative estimate of drug-likeness (QED) is 0.149. The van der Waals surface area contributed by atoms with Gasteiger partial charge in [-0.25, -0.2) is 4.98 Å². The molecular weight excluding hydrogens is 656 g/mol. The molecule has 1 aromatic heterocycles. The average molecular weight is 688 g/mol. The highest BCUT2D eigenvalue weighted by atomic mass is 79.9. The number of anilines is 1. The number of aromatic nitrogens is 2. The van der Waals surface area contributed by atoms with Crippen molar-refractivity contribution in [1.82, 2.24) is 9.66 Å². The van der Waals surface area contributed by atoms with Crippen molar-refractivity contribution >= 4 is 56.2 Å². The molecule has 1 amide bonds. The molecule has 0 fully saturated rings. The Balaban J connectivity index is 1.45. The Morgan fingerprint density at radius 3 is 2.51 bits per heavy atom. The molecule has 0 bridgehead atoms. The molecule has 1 N–H and O–H groups in total. The maximum absolute atomic E-state index is 13.8. The van der Waals surface area contributed by atoms with E-state index in [1.54, 1.807) is 54.7 Å². The van der Waals surface area contributed by atoms with Crippen molar-refractivity contribution < 1.29 is 14.3 Å². The van der Waals surface area contributed by atoms with E-state index >= 15 is 0 Å². The van der Waals surface area contributed by atoms with Crippen LogP contribution in [-0.4, -0.2) is 35.0 Å². The van der Waals surface area contributed by atoms with E-state index in [-0.39, 0.29) is 24.0 Å². The van der Waals surface area contributed by atoms with Gasteiger partial charge in [-0.15, -0.1) is 0 Å². The highest BCUT2D eigenvalue weighted by molar-refractivity contribution is 9.10. The van der Waals surface area contributed by atoms with Gasteiger partial charge in [-0.1, -0.05) is 37.6 Å². The van der Waals surface area contributed by atoms with Crippen molar-refractivity contribution in [3.05, 3.63) is 115 Å². The van der Waals surface area contributed by atoms with Gasteiger partial charge < -0.3 is 14.8 Å². The Labute approximate surface area is 274 Å². The third kappa shape index (κ3) is 7.44. The van der Waals surface area contributed by atoms with Gasteiger partial charge in [-0.05, 0) is 119 Å². The van der Waals surface area contributed by atoms with E-state index in [1.165, 1.54) is 4.68 Å². The highest BCUT2D eigenvalue weighted by Crippen LogP contribution is 2.34. The van der Waals surface area contributed by atoms with E-state index in [4.69, 9.17) is 26.1 Å². The summed E-state index contributed by atoms with van der Waals surface area (Å²) in [4.78, 5) is 31.0. The average Bonchev–Trinajstić information content (AvgIpc) is 3.01. The van der Waals surface area contributed by atoms with E-state index in [0.717, 1.165) is 22.4 Å². The first-order valence-electron chi connectivity index (χ1n) is 14.5. The first-order chi connectivity index (χ1) is 21.6. The van der Waals surface area contributed by atoms with Crippen LogP contribution in [0.15, 0.2) is 93.2 Å². The maximum atomic E-state index is 13.8. The van der Waals surface area contributed by atoms with Gasteiger partial charge in [0.2, 0.25) is 0 Å². The van der Waals surface area contributed by atoms with E-state index in [0.29, 0.717) is 49.8 Å². The lowest BCUT2D eigenvalue weighted by atomic mass is 9.96. The van der Waals surface area contributed by atoms with Gasteiger partial charge >= 0.3 is 0 Å². The minimum atomic E-state index is -0.309. The summed E-state index contributed by atoms with van der Waals surface area (Å²) in [5, 5.41) is 8.44. The number of carbonyl (C=O) groups excluding carboxylic acids is 1. The lowest BCUT2D eigenvalue weighted by molar-refractivity contribution is -0.118. The molecule has 0 aliphatic heterocycles. The van der Waals surface area contributed by atoms with Crippen LogP contribution in [0.5, 0.6) is 11.5 Å². The largest absolute Gasteiger partial charge is 0.494 e. The first kappa shape index (κ1) is 31.9. The Bertz CT molecular complexity index is 1960. The molecule has 5 aromatic rings. The lowest BCUT2D eigenvalue weighted by Crippen LogP contribution is -2.21. The second kappa shape index (κ2) is 14.1. The van der Waals surface area contributed by atoms with Crippen LogP contribution in [0.3, 0.4) is 0 Å². The molecule has 45 heavy (non-hydrogen) atoms. The zero-order valence-electron chi connectivity index (χ0n) is 25.3. The van der Waals surface area contributed by atoms with Gasteiger partial charge in [0.25, 0.3) is 11.5 Å². The van der Waals surface area contributed by atoms with Gasteiger partial charge in [0, 0.05) is 16.3 Å². The van der Waals surface area contributed by atoms with Gasteiger partial charge in [-0.2, -0.15) is 9.78 Å². The molecular formula is C35H32BrClN4O4. The van der Waals surface area contributed by atoms with E-state index in [1.807, 2.05) is 44.2 Å². The van der Waals surface area contributed by atoms with E-state index in [9.17, 15) is 9.59 Å². The Morgan fingerprint density at radius 1 is 1.04 bits per heavy atom. The summed E-state index contributed by atoms with van der Waals surface area (Å²) >= 11 is 9.43. The molecule has 0 radical (unpaired) electrons. The van der Waals surface area contributed by atoms with Crippen molar-refractivity contribution in [2.75, 3.05) is 18.5 Å². The number of ether oxygens (including phenoxy) is 2. The fourth-order valence-electron chi connectivity index (χ4n) is 4.79. The van der Waals surface area contributed by atoms with Crippen LogP contribution in [-0.2, 0) is 4.79 Å². The summed E-state index contributed by atoms with van der Waals surface area (Å²) < 4.78 is 13.6. The summed E-state index contributed by atoms with van der Waals surface area (Å²) in [6.07, 6.45) is 1.59. The normalized spacial score (nSPS) is 11.4. The second-order valence-corrected chi connectivity index (χ2v) is 11.9. The van der Waals surface area contributed by atoms with Crippen molar-refractivity contribution in [1.29, 1.82) is 0 Å². The molecule has 0 atom stereocenters. The molecule has 0 aliphatic carbocycles. The summed E-state index contributed by atoms with van der Waals surface area (Å²) in [5.74, 6) is 1.62. The van der Waals surface area contributed by atoms with Crippen molar-refractivity contribution in [2.45, 2.75) is 33.6 Å². The molecule has 0 saturated heterocycles. The fraction of sp³-hybridized carbons (Fsp3) is 0.200. The summed E-state index contributed by atoms with van der Waals surface area (Å²) in [7, 11) is 0. The Morgan fingerprint density at radius 2 is 1.80 bits per heavy atom. The van der Waals surface area contributed by atoms with Crippen LogP contribution in [0.4, 0.5) is 5.69 Å². The predicted molar refractivity (Wildman–Crippen MR) is 184 cm³/mol. The molecule has 0 aliphatic rings. The molecule has 5 rings (SSSR count). The zero-order valence-corrected chi connectivity index (χ0v) is 27.6. The number of rotatable bonds is 10. The van der Waals surface area contributed by atoms with E-state index < -0.39 is 0 Å². The Kier molecular flexibility index (Phi) is 10.0. The number of aryl methyl sites for hydroxylation is 1. The number of nitrogens with one attached hydrogen (secondary N) is 1. The number of halogens is 2. The van der Waals surface area contributed by atoms with Crippen molar-refractivity contribution in [2.24, 2.45) is 5.10 Å². The number of amides is 1. The SMILES string of the molecule is CCOc1cc(C)c(-c2nc3ccccc3c(=O)n2N=Cc2ccc(OCC(=O)Nc3ccc(Cl)cc3)c(Br)c2)cc1C(C)C. The first-order valence-corrected chi connectivity index (χ1v) is 15.6. The van der Waals surface area contributed by atoms with Crippen LogP contribution in [0.2, 0.25) is 5.02 Å². The zero-order chi connectivity index (χ0) is 32.1. The Hall–Kier alpha value is -4.47. The molecule has 0 spiro atoms. The minimum absolute atomic E-state index is 0.185. The molecule has 0 saturated carbocycles. The number of fused-ring (bicyclic) bond motifs is 1. The smallest absolute Gasteiger partial charge is 0.282 e. The maximum Gasteiger partial charge on any atom is 0.282 e. The lowest BCUT2D eigenvalue weighted by Gasteiger charge is -2.18. The van der Waals surface area contributed by atoms with Crippen LogP contribution in [0.25, 0.3) is 22.3 Å². The van der Waals surface area contributed by atoms with Crippen LogP contribution in [0.1, 0.15) is 43.4 Å². The summed E-state index contributed by atoms with van der Waals surface area (Å²) in [5.41, 5.74) is 4.37. The monoisotopic (exact) mass is 686 g/mol. The van der Waals surface area contributed by atoms with Crippen molar-refractivity contribution in [3.63, 3.8) is 0 Å². The minimum Gasteiger partial charge on any atom is -0.494 e. The topological polar surface area (TPSA) is 94.8 Å². The predicted octanol–water partition coefficient (Wildman–Crippen LogP) is 8.21. The highest BCUT2D eigenvalue weighted by Gasteiger charge is 2.18. The van der Waals surface area contributed by atoms with Crippen molar-refractivity contribution in [3.8, 4) is 22.9 Å². The molecule has 230 valence electrons. The van der Waals surface area contributed by atoms with Gasteiger partial charge in [0.05, 0.1) is 28.2 Å². The third-order valence-electron chi connectivity index (χ3n) is 7.04.